The maximum atomic E-state index is 11.8. The number of hydrogen-bond donors (Lipinski definition) is 8. The first-order valence-corrected chi connectivity index (χ1v) is 30.4. The van der Waals surface area contributed by atoms with E-state index < -0.39 is 35.0 Å². The lowest BCUT2D eigenvalue weighted by atomic mass is 9.89. The lowest BCUT2D eigenvalue weighted by Crippen LogP contribution is -2.28. The number of hydrogen-bond acceptors (Lipinski definition) is 26. The number of nitrogens with zero attached hydrogens (tertiary/aromatic N) is 10. The first kappa shape index (κ1) is 76.3. The summed E-state index contributed by atoms with van der Waals surface area (Å²) in [5.41, 5.74) is 27.4. The van der Waals surface area contributed by atoms with Crippen LogP contribution in [0.3, 0.4) is 0 Å². The lowest BCUT2D eigenvalue weighted by molar-refractivity contribution is -0.122. The number of ketones is 4. The van der Waals surface area contributed by atoms with Crippen LogP contribution in [0, 0.1) is 0 Å². The van der Waals surface area contributed by atoms with Gasteiger partial charge < -0.3 is 61.9 Å². The van der Waals surface area contributed by atoms with E-state index in [0.29, 0.717) is 62.9 Å². The third kappa shape index (κ3) is 23.2. The maximum absolute atomic E-state index is 11.8. The molecule has 512 valence electrons. The van der Waals surface area contributed by atoms with Crippen LogP contribution in [0.15, 0.2) is 103 Å². The second-order valence-corrected chi connectivity index (χ2v) is 23.3. The summed E-state index contributed by atoms with van der Waals surface area (Å²) in [5.74, 6) is 1.54. The minimum absolute atomic E-state index is 0. The average molecular weight is 1320 g/mol. The molecule has 30 nitrogen and oxygen atoms in total. The quantitative estimate of drug-likeness (QED) is 0.0332. The van der Waals surface area contributed by atoms with E-state index >= 15 is 0 Å². The van der Waals surface area contributed by atoms with Crippen LogP contribution in [0.25, 0.3) is 0 Å². The molecule has 6 heterocycles. The normalized spacial score (nSPS) is 13.1. The molecule has 6 aromatic heterocycles. The highest BCUT2D eigenvalue weighted by atomic mass is 16.4. The zero-order chi connectivity index (χ0) is 69.6. The Morgan fingerprint density at radius 2 is 0.927 bits per heavy atom. The van der Waals surface area contributed by atoms with Gasteiger partial charge in [0.25, 0.3) is 0 Å². The van der Waals surface area contributed by atoms with Gasteiger partial charge in [-0.25, -0.2) is 4.98 Å². The summed E-state index contributed by atoms with van der Waals surface area (Å²) in [6, 6.07) is 22.7. The van der Waals surface area contributed by atoms with Gasteiger partial charge in [0.2, 0.25) is 70.8 Å². The first-order chi connectivity index (χ1) is 45.1. The molecule has 4 amide bonds. The largest absolute Gasteiger partial charge is 0.423 e. The van der Waals surface area contributed by atoms with Crippen molar-refractivity contribution < 1.29 is 56.0 Å². The fraction of sp³-hybridized carbons (Fsp3) is 0.424. The highest BCUT2D eigenvalue weighted by Gasteiger charge is 2.54. The van der Waals surface area contributed by atoms with Crippen LogP contribution in [0.4, 0.5) is 5.82 Å². The predicted molar refractivity (Wildman–Crippen MR) is 348 cm³/mol. The van der Waals surface area contributed by atoms with E-state index in [0.717, 1.165) is 52.0 Å². The van der Waals surface area contributed by atoms with Gasteiger partial charge in [-0.1, -0.05) is 68.1 Å². The summed E-state index contributed by atoms with van der Waals surface area (Å²) in [4.78, 5) is 100. The van der Waals surface area contributed by atoms with Crippen molar-refractivity contribution in [2.24, 2.45) is 17.2 Å². The Balaban J connectivity index is 0.000000231. The number of anilines is 1. The molecule has 96 heavy (non-hydrogen) atoms. The average Bonchev–Trinajstić information content (AvgIpc) is 1.60. The molecule has 0 radical (unpaired) electrons. The number of nitrogen functional groups attached to an aromatic ring is 1. The van der Waals surface area contributed by atoms with Gasteiger partial charge in [-0.2, -0.15) is 0 Å². The van der Waals surface area contributed by atoms with Gasteiger partial charge in [-0.05, 0) is 100 Å². The van der Waals surface area contributed by atoms with Gasteiger partial charge in [-0.15, -0.1) is 40.8 Å². The monoisotopic (exact) mass is 1320 g/mol. The van der Waals surface area contributed by atoms with E-state index in [1.807, 2.05) is 72.8 Å². The van der Waals surface area contributed by atoms with Gasteiger partial charge in [0, 0.05) is 84.9 Å². The van der Waals surface area contributed by atoms with Gasteiger partial charge in [0.05, 0.1) is 18.5 Å². The van der Waals surface area contributed by atoms with Crippen LogP contribution in [0.1, 0.15) is 200 Å². The van der Waals surface area contributed by atoms with E-state index in [1.165, 1.54) is 48.5 Å². The summed E-state index contributed by atoms with van der Waals surface area (Å²) in [6.45, 7) is 16.3. The zero-order valence-corrected chi connectivity index (χ0v) is 54.9. The van der Waals surface area contributed by atoms with Crippen LogP contribution in [0.2, 0.25) is 0 Å². The number of carbonyl (C=O) groups excluding carboxylic acids is 8. The van der Waals surface area contributed by atoms with Crippen LogP contribution in [0.5, 0.6) is 0 Å². The van der Waals surface area contributed by atoms with Crippen molar-refractivity contribution >= 4 is 52.6 Å². The number of rotatable bonds is 27. The Morgan fingerprint density at radius 3 is 1.40 bits per heavy atom. The third-order valence-corrected chi connectivity index (χ3v) is 14.7. The molecule has 0 bridgehead atoms. The standard InChI is InChI=1S/C18H22N4O3.C18H24N4O3.C15H19N5O3.C14H17N5O3.CH4/c1-11(23)18(7-8-18)17-22-21-16(25-17)15(20-12(2)24)9-13-3-5-14(10-19)6-4-13;1-11(23)18(3,4)17-22-21-16(25-17)15(20-12(2)24)9-13-6-5-7-14(8-13)10-19;1-9(21)6-14-19-20-15(23-14)13(17-10(2)22)7-11-4-3-5-12(8-16)18-11;1-8(20)5-13-18-19-14(22-13)11(17-9(2)21)6-10-3-4-12(15)16-7-10;/h3-6,15H,7-10,19H2,1-2H3,(H,20,24);5-8,15H,9-10,19H2,1-4H3,(H,20,24);3-5,13H,6-8,16H2,1-2H3,(H,17,22);3-4,7,11H,5-6H2,1-2H3,(H2,15,16)(H,17,21);1H4/t2*15-;13-;11-;/m0000./s1. The molecule has 0 saturated heterocycles. The summed E-state index contributed by atoms with van der Waals surface area (Å²) in [5, 5.41) is 42.9. The highest BCUT2D eigenvalue weighted by Crippen LogP contribution is 2.48. The van der Waals surface area contributed by atoms with E-state index in [-0.39, 0.29) is 102 Å². The molecule has 0 spiro atoms. The molecule has 1 fully saturated rings. The van der Waals surface area contributed by atoms with Crippen molar-refractivity contribution in [3.8, 4) is 0 Å². The van der Waals surface area contributed by atoms with Crippen LogP contribution in [-0.2, 0) is 107 Å². The Labute approximate surface area is 555 Å². The van der Waals surface area contributed by atoms with E-state index in [1.54, 1.807) is 33.0 Å². The number of carbonyl (C=O) groups is 8. The molecular formula is C66H86N18O12. The maximum Gasteiger partial charge on any atom is 0.239 e. The van der Waals surface area contributed by atoms with E-state index in [4.69, 9.17) is 40.6 Å². The van der Waals surface area contributed by atoms with Crippen molar-refractivity contribution in [3.05, 3.63) is 171 Å². The number of Topliss-reactive ketones (excluding diaryl/α,β-unsaturated/α-hetero) is 4. The molecular weight excluding hydrogens is 1240 g/mol. The summed E-state index contributed by atoms with van der Waals surface area (Å²) >= 11 is 0. The minimum atomic E-state index is -0.870. The van der Waals surface area contributed by atoms with Crippen LogP contribution in [-0.4, -0.2) is 97.5 Å². The summed E-state index contributed by atoms with van der Waals surface area (Å²) < 4.78 is 22.4. The molecule has 4 atom stereocenters. The SMILES string of the molecule is C.CC(=O)Cc1nnc([C@H](Cc2ccc(N)nc2)NC(C)=O)o1.CC(=O)Cc1nnc([C@H](Cc2cccc(CN)n2)NC(C)=O)o1.CC(=O)N[C@@H](Cc1ccc(CN)cc1)c1nnc(C2(C(C)=O)CC2)o1.CC(=O)N[C@@H](Cc1cccc(CN)c1)c1nnc(C(C)(C)C(C)=O)o1. The minimum Gasteiger partial charge on any atom is -0.423 e. The fourth-order valence-electron chi connectivity index (χ4n) is 9.28. The van der Waals surface area contributed by atoms with Gasteiger partial charge in [0.1, 0.15) is 63.9 Å². The third-order valence-electron chi connectivity index (χ3n) is 14.7. The number of pyridine rings is 2. The summed E-state index contributed by atoms with van der Waals surface area (Å²) in [6.07, 6.45) is 5.03. The van der Waals surface area contributed by atoms with Crippen LogP contribution < -0.4 is 44.2 Å². The van der Waals surface area contributed by atoms with Crippen LogP contribution >= 0.6 is 0 Å². The topological polar surface area (TPSA) is 470 Å². The molecule has 0 unspecified atom stereocenters. The van der Waals surface area contributed by atoms with E-state index in [9.17, 15) is 38.4 Å². The molecule has 2 aromatic carbocycles. The number of nitrogens with two attached hydrogens (primary N) is 4. The number of benzene rings is 2. The first-order valence-electron chi connectivity index (χ1n) is 30.4. The van der Waals surface area contributed by atoms with Gasteiger partial charge >= 0.3 is 0 Å². The second kappa shape index (κ2) is 35.7. The molecule has 12 N–H and O–H groups in total. The Bertz CT molecular complexity index is 3910. The van der Waals surface area contributed by atoms with Gasteiger partial charge in [0.15, 0.2) is 0 Å². The molecule has 9 rings (SSSR count). The number of aromatic nitrogens is 10. The molecule has 1 aliphatic rings. The van der Waals surface area contributed by atoms with Crippen molar-refractivity contribution in [2.45, 2.75) is 183 Å². The summed E-state index contributed by atoms with van der Waals surface area (Å²) in [7, 11) is 0. The zero-order valence-electron chi connectivity index (χ0n) is 54.9. The molecule has 1 aliphatic carbocycles. The fourth-order valence-corrected chi connectivity index (χ4v) is 9.28. The Hall–Kier alpha value is -10.5. The van der Waals surface area contributed by atoms with E-state index in [2.05, 4.69) is 72.0 Å². The predicted octanol–water partition coefficient (Wildman–Crippen LogP) is 5.09. The Kier molecular flexibility index (Phi) is 28.4. The van der Waals surface area contributed by atoms with Crippen molar-refractivity contribution in [1.29, 1.82) is 0 Å². The number of amides is 4. The van der Waals surface area contributed by atoms with Crippen molar-refractivity contribution in [2.75, 3.05) is 5.73 Å². The number of nitrogens with one attached hydrogen (secondary N) is 4. The second-order valence-electron chi connectivity index (χ2n) is 23.3. The molecule has 8 aromatic rings. The highest BCUT2D eigenvalue weighted by molar-refractivity contribution is 5.90. The van der Waals surface area contributed by atoms with Crippen molar-refractivity contribution in [3.63, 3.8) is 0 Å². The molecule has 30 heteroatoms. The van der Waals surface area contributed by atoms with Gasteiger partial charge in [-0.3, -0.25) is 43.3 Å². The Morgan fingerprint density at radius 1 is 0.490 bits per heavy atom. The lowest BCUT2D eigenvalue weighted by Gasteiger charge is -2.17. The van der Waals surface area contributed by atoms with Crippen molar-refractivity contribution in [1.82, 2.24) is 72.0 Å². The molecule has 0 aliphatic heterocycles. The molecule has 1 saturated carbocycles. The smallest absolute Gasteiger partial charge is 0.239 e.